The van der Waals surface area contributed by atoms with Crippen LogP contribution in [0, 0.1) is 5.92 Å². The summed E-state index contributed by atoms with van der Waals surface area (Å²) in [4.78, 5) is 2.67. The van der Waals surface area contributed by atoms with Crippen LogP contribution in [0.25, 0.3) is 0 Å². The molecule has 0 aromatic carbocycles. The summed E-state index contributed by atoms with van der Waals surface area (Å²) >= 11 is 0. The minimum absolute atomic E-state index is 0.355. The van der Waals surface area contributed by atoms with Crippen molar-refractivity contribution in [1.29, 1.82) is 0 Å². The maximum atomic E-state index is 2.67. The average Bonchev–Trinajstić information content (AvgIpc) is 2.13. The molecule has 0 rings (SSSR count). The van der Waals surface area contributed by atoms with Gasteiger partial charge in [-0.05, 0) is 40.0 Å². The molecule has 0 aliphatic heterocycles. The molecule has 0 aromatic rings. The Balaban J connectivity index is 4.37. The molecule has 16 heavy (non-hydrogen) atoms. The summed E-state index contributed by atoms with van der Waals surface area (Å²) in [5.74, 6) is 0.757. The third-order valence-electron chi connectivity index (χ3n) is 3.35. The monoisotopic (exact) mass is 227 g/mol. The molecule has 0 amide bonds. The van der Waals surface area contributed by atoms with E-state index in [9.17, 15) is 0 Å². The van der Waals surface area contributed by atoms with Gasteiger partial charge in [0.05, 0.1) is 0 Å². The van der Waals surface area contributed by atoms with Gasteiger partial charge < -0.3 is 0 Å². The van der Waals surface area contributed by atoms with E-state index >= 15 is 0 Å². The zero-order valence-corrected chi connectivity index (χ0v) is 12.6. The minimum Gasteiger partial charge on any atom is -0.296 e. The topological polar surface area (TPSA) is 3.24 Å². The van der Waals surface area contributed by atoms with Crippen molar-refractivity contribution in [2.45, 2.75) is 85.7 Å². The Morgan fingerprint density at radius 1 is 1.00 bits per heavy atom. The van der Waals surface area contributed by atoms with Gasteiger partial charge in [0.2, 0.25) is 0 Å². The van der Waals surface area contributed by atoms with E-state index in [0.717, 1.165) is 5.92 Å². The van der Waals surface area contributed by atoms with Crippen LogP contribution in [0.5, 0.6) is 0 Å². The summed E-state index contributed by atoms with van der Waals surface area (Å²) < 4.78 is 0. The van der Waals surface area contributed by atoms with Gasteiger partial charge in [0.25, 0.3) is 0 Å². The highest BCUT2D eigenvalue weighted by atomic mass is 15.2. The Labute approximate surface area is 104 Å². The van der Waals surface area contributed by atoms with Gasteiger partial charge >= 0.3 is 0 Å². The van der Waals surface area contributed by atoms with Gasteiger partial charge in [0, 0.05) is 18.1 Å². The molecule has 98 valence electrons. The van der Waals surface area contributed by atoms with Crippen molar-refractivity contribution >= 4 is 0 Å². The van der Waals surface area contributed by atoms with Crippen molar-refractivity contribution in [2.75, 3.05) is 6.54 Å². The molecule has 0 atom stereocenters. The van der Waals surface area contributed by atoms with Crippen molar-refractivity contribution in [3.05, 3.63) is 0 Å². The van der Waals surface area contributed by atoms with Crippen LogP contribution in [-0.4, -0.2) is 23.0 Å². The highest BCUT2D eigenvalue weighted by Crippen LogP contribution is 2.25. The summed E-state index contributed by atoms with van der Waals surface area (Å²) in [6.45, 7) is 17.6. The van der Waals surface area contributed by atoms with E-state index in [1.54, 1.807) is 0 Å². The largest absolute Gasteiger partial charge is 0.296 e. The summed E-state index contributed by atoms with van der Waals surface area (Å²) in [6.07, 6.45) is 5.38. The van der Waals surface area contributed by atoms with E-state index in [4.69, 9.17) is 0 Å². The van der Waals surface area contributed by atoms with E-state index in [1.807, 2.05) is 0 Å². The molecule has 0 unspecified atom stereocenters. The number of hydrogen-bond donors (Lipinski definition) is 0. The lowest BCUT2D eigenvalue weighted by atomic mass is 9.92. The maximum Gasteiger partial charge on any atom is 0.0156 e. The van der Waals surface area contributed by atoms with E-state index in [-0.39, 0.29) is 0 Å². The van der Waals surface area contributed by atoms with Gasteiger partial charge in [-0.15, -0.1) is 0 Å². The lowest BCUT2D eigenvalue weighted by Crippen LogP contribution is -2.49. The fraction of sp³-hybridized carbons (Fsp3) is 1.00. The molecular weight excluding hydrogens is 194 g/mol. The molecule has 0 N–H and O–H groups in total. The first-order valence-corrected chi connectivity index (χ1v) is 7.08. The standard InChI is InChI=1S/C15H33N/c1-8-9-10-11-15(6,7)16(14(4)5)12-13(2)3/h13-14H,8-12H2,1-7H3. The first kappa shape index (κ1) is 16.0. The van der Waals surface area contributed by atoms with Gasteiger partial charge in [-0.3, -0.25) is 4.90 Å². The zero-order chi connectivity index (χ0) is 12.8. The Morgan fingerprint density at radius 2 is 1.56 bits per heavy atom. The molecule has 0 aromatic heterocycles. The molecular formula is C15H33N. The van der Waals surface area contributed by atoms with Crippen molar-refractivity contribution in [2.24, 2.45) is 5.92 Å². The SMILES string of the molecule is CCCCCC(C)(C)N(CC(C)C)C(C)C. The van der Waals surface area contributed by atoms with Crippen molar-refractivity contribution in [3.63, 3.8) is 0 Å². The number of hydrogen-bond acceptors (Lipinski definition) is 1. The molecule has 1 nitrogen and oxygen atoms in total. The summed E-state index contributed by atoms with van der Waals surface area (Å²) in [5.41, 5.74) is 0.355. The second-order valence-electron chi connectivity index (χ2n) is 6.41. The summed E-state index contributed by atoms with van der Waals surface area (Å²) in [6, 6.07) is 0.652. The molecule has 0 aliphatic carbocycles. The van der Waals surface area contributed by atoms with E-state index in [1.165, 1.54) is 32.2 Å². The molecule has 0 saturated heterocycles. The second-order valence-corrected chi connectivity index (χ2v) is 6.41. The molecule has 0 saturated carbocycles. The smallest absolute Gasteiger partial charge is 0.0156 e. The first-order valence-electron chi connectivity index (χ1n) is 7.08. The van der Waals surface area contributed by atoms with Gasteiger partial charge in [-0.1, -0.05) is 40.0 Å². The van der Waals surface area contributed by atoms with Crippen LogP contribution in [0.3, 0.4) is 0 Å². The predicted octanol–water partition coefficient (Wildman–Crippen LogP) is 4.71. The zero-order valence-electron chi connectivity index (χ0n) is 12.6. The van der Waals surface area contributed by atoms with E-state index < -0.39 is 0 Å². The number of nitrogens with zero attached hydrogens (tertiary/aromatic N) is 1. The molecule has 0 spiro atoms. The highest BCUT2D eigenvalue weighted by Gasteiger charge is 2.28. The van der Waals surface area contributed by atoms with Gasteiger partial charge in [-0.2, -0.15) is 0 Å². The second kappa shape index (κ2) is 7.32. The molecule has 0 fully saturated rings. The maximum absolute atomic E-state index is 2.67. The fourth-order valence-corrected chi connectivity index (χ4v) is 2.50. The number of rotatable bonds is 8. The quantitative estimate of drug-likeness (QED) is 0.543. The molecule has 0 bridgehead atoms. The van der Waals surface area contributed by atoms with Crippen molar-refractivity contribution in [3.8, 4) is 0 Å². The molecule has 0 aliphatic rings. The summed E-state index contributed by atoms with van der Waals surface area (Å²) in [7, 11) is 0. The van der Waals surface area contributed by atoms with Crippen LogP contribution < -0.4 is 0 Å². The van der Waals surface area contributed by atoms with E-state index in [2.05, 4.69) is 53.4 Å². The third-order valence-corrected chi connectivity index (χ3v) is 3.35. The lowest BCUT2D eigenvalue weighted by molar-refractivity contribution is 0.0618. The van der Waals surface area contributed by atoms with Crippen molar-refractivity contribution in [1.82, 2.24) is 4.90 Å². The van der Waals surface area contributed by atoms with Crippen LogP contribution in [0.1, 0.15) is 74.1 Å². The normalized spacial score (nSPS) is 13.1. The van der Waals surface area contributed by atoms with Crippen LogP contribution in [0.15, 0.2) is 0 Å². The first-order chi connectivity index (χ1) is 7.31. The Morgan fingerprint density at radius 3 is 1.94 bits per heavy atom. The van der Waals surface area contributed by atoms with E-state index in [0.29, 0.717) is 11.6 Å². The van der Waals surface area contributed by atoms with Gasteiger partial charge in [-0.25, -0.2) is 0 Å². The van der Waals surface area contributed by atoms with Crippen LogP contribution >= 0.6 is 0 Å². The van der Waals surface area contributed by atoms with Gasteiger partial charge in [0.15, 0.2) is 0 Å². The van der Waals surface area contributed by atoms with Crippen LogP contribution in [-0.2, 0) is 0 Å². The highest BCUT2D eigenvalue weighted by molar-refractivity contribution is 4.84. The van der Waals surface area contributed by atoms with Crippen molar-refractivity contribution < 1.29 is 0 Å². The summed E-state index contributed by atoms with van der Waals surface area (Å²) in [5, 5.41) is 0. The van der Waals surface area contributed by atoms with Crippen LogP contribution in [0.2, 0.25) is 0 Å². The predicted molar refractivity (Wildman–Crippen MR) is 74.9 cm³/mol. The molecule has 0 radical (unpaired) electrons. The average molecular weight is 227 g/mol. The lowest BCUT2D eigenvalue weighted by Gasteiger charge is -2.43. The molecule has 1 heteroatoms. The third kappa shape index (κ3) is 5.89. The Hall–Kier alpha value is -0.0400. The van der Waals surface area contributed by atoms with Gasteiger partial charge in [0.1, 0.15) is 0 Å². The molecule has 0 heterocycles. The minimum atomic E-state index is 0.355. The Bertz CT molecular complexity index is 170. The fourth-order valence-electron chi connectivity index (χ4n) is 2.50. The van der Waals surface area contributed by atoms with Crippen LogP contribution in [0.4, 0.5) is 0 Å². The number of unbranched alkanes of at least 4 members (excludes halogenated alkanes) is 2. The Kier molecular flexibility index (Phi) is 7.30.